The SMILES string of the molecule is NCCOCCOCCNc1nc(-c2ccc(Cl)cc2)nc(N2CCN(c3ccccn3)CC2)n1. The van der Waals surface area contributed by atoms with Crippen molar-refractivity contribution in [1.29, 1.82) is 0 Å². The Balaban J connectivity index is 1.41. The number of aromatic nitrogens is 4. The molecule has 1 saturated heterocycles. The smallest absolute Gasteiger partial charge is 0.230 e. The highest BCUT2D eigenvalue weighted by Gasteiger charge is 2.21. The number of nitrogens with one attached hydrogen (secondary N) is 1. The average Bonchev–Trinajstić information content (AvgIpc) is 2.91. The number of nitrogens with two attached hydrogens (primary N) is 1. The first kappa shape index (κ1) is 25.1. The Labute approximate surface area is 210 Å². The number of piperazine rings is 1. The molecule has 0 amide bonds. The van der Waals surface area contributed by atoms with E-state index in [1.165, 1.54) is 0 Å². The molecule has 0 saturated carbocycles. The van der Waals surface area contributed by atoms with E-state index in [-0.39, 0.29) is 0 Å². The van der Waals surface area contributed by atoms with Crippen LogP contribution in [0.1, 0.15) is 0 Å². The minimum absolute atomic E-state index is 0.506. The summed E-state index contributed by atoms with van der Waals surface area (Å²) in [4.78, 5) is 23.0. The van der Waals surface area contributed by atoms with Crippen molar-refractivity contribution in [2.45, 2.75) is 0 Å². The second-order valence-electron chi connectivity index (χ2n) is 7.89. The molecule has 0 unspecified atom stereocenters. The normalized spacial score (nSPS) is 13.8. The van der Waals surface area contributed by atoms with Gasteiger partial charge < -0.3 is 30.3 Å². The van der Waals surface area contributed by atoms with E-state index in [0.29, 0.717) is 62.3 Å². The highest BCUT2D eigenvalue weighted by Crippen LogP contribution is 2.23. The van der Waals surface area contributed by atoms with Crippen molar-refractivity contribution < 1.29 is 9.47 Å². The predicted octanol–water partition coefficient (Wildman–Crippen LogP) is 2.32. The van der Waals surface area contributed by atoms with Crippen LogP contribution in [-0.4, -0.2) is 85.6 Å². The first-order valence-corrected chi connectivity index (χ1v) is 12.1. The number of ether oxygens (including phenoxy) is 2. The van der Waals surface area contributed by atoms with Crippen LogP contribution < -0.4 is 20.9 Å². The highest BCUT2D eigenvalue weighted by molar-refractivity contribution is 6.30. The van der Waals surface area contributed by atoms with Gasteiger partial charge in [-0.3, -0.25) is 0 Å². The molecule has 3 N–H and O–H groups in total. The van der Waals surface area contributed by atoms with Crippen molar-refractivity contribution in [3.05, 3.63) is 53.7 Å². The fraction of sp³-hybridized carbons (Fsp3) is 0.417. The molecule has 186 valence electrons. The largest absolute Gasteiger partial charge is 0.378 e. The number of pyridine rings is 1. The van der Waals surface area contributed by atoms with E-state index in [0.717, 1.165) is 37.6 Å². The van der Waals surface area contributed by atoms with Gasteiger partial charge >= 0.3 is 0 Å². The maximum Gasteiger partial charge on any atom is 0.230 e. The third kappa shape index (κ3) is 7.46. The zero-order chi connectivity index (χ0) is 24.3. The van der Waals surface area contributed by atoms with Gasteiger partial charge in [0.15, 0.2) is 5.82 Å². The zero-order valence-electron chi connectivity index (χ0n) is 19.6. The summed E-state index contributed by atoms with van der Waals surface area (Å²) >= 11 is 6.07. The van der Waals surface area contributed by atoms with Crippen molar-refractivity contribution in [3.63, 3.8) is 0 Å². The molecule has 4 rings (SSSR count). The maximum absolute atomic E-state index is 6.07. The van der Waals surface area contributed by atoms with Crippen LogP contribution in [-0.2, 0) is 9.47 Å². The van der Waals surface area contributed by atoms with Crippen LogP contribution in [0.2, 0.25) is 5.02 Å². The lowest BCUT2D eigenvalue weighted by atomic mass is 10.2. The van der Waals surface area contributed by atoms with Crippen molar-refractivity contribution in [2.24, 2.45) is 5.73 Å². The van der Waals surface area contributed by atoms with E-state index in [9.17, 15) is 0 Å². The molecule has 3 aromatic rings. The summed E-state index contributed by atoms with van der Waals surface area (Å²) in [6.45, 7) is 6.40. The Kier molecular flexibility index (Phi) is 9.41. The summed E-state index contributed by atoms with van der Waals surface area (Å²) in [6, 6.07) is 13.5. The molecule has 3 heterocycles. The molecule has 1 aliphatic heterocycles. The molecule has 11 heteroatoms. The lowest BCUT2D eigenvalue weighted by molar-refractivity contribution is 0.0547. The molecule has 0 aliphatic carbocycles. The van der Waals surface area contributed by atoms with Gasteiger partial charge in [-0.05, 0) is 36.4 Å². The third-order valence-corrected chi connectivity index (χ3v) is 5.68. The molecule has 0 atom stereocenters. The van der Waals surface area contributed by atoms with Gasteiger partial charge in [-0.25, -0.2) is 4.98 Å². The van der Waals surface area contributed by atoms with Crippen LogP contribution in [0.5, 0.6) is 0 Å². The van der Waals surface area contributed by atoms with E-state index in [2.05, 4.69) is 25.1 Å². The van der Waals surface area contributed by atoms with Crippen LogP contribution in [0.25, 0.3) is 11.4 Å². The number of nitrogens with zero attached hydrogens (tertiary/aromatic N) is 6. The van der Waals surface area contributed by atoms with Gasteiger partial charge in [0, 0.05) is 56.1 Å². The van der Waals surface area contributed by atoms with Crippen LogP contribution in [0.15, 0.2) is 48.7 Å². The number of hydrogen-bond donors (Lipinski definition) is 2. The number of hydrogen-bond acceptors (Lipinski definition) is 10. The average molecular weight is 499 g/mol. The van der Waals surface area contributed by atoms with Crippen LogP contribution in [0, 0.1) is 0 Å². The maximum atomic E-state index is 6.07. The second-order valence-corrected chi connectivity index (χ2v) is 8.33. The number of halogens is 1. The summed E-state index contributed by atoms with van der Waals surface area (Å²) < 4.78 is 10.9. The minimum atomic E-state index is 0.506. The van der Waals surface area contributed by atoms with E-state index in [4.69, 9.17) is 36.8 Å². The molecular weight excluding hydrogens is 468 g/mol. The summed E-state index contributed by atoms with van der Waals surface area (Å²) in [5.41, 5.74) is 6.28. The van der Waals surface area contributed by atoms with Crippen LogP contribution >= 0.6 is 11.6 Å². The van der Waals surface area contributed by atoms with E-state index in [1.807, 2.05) is 48.7 Å². The summed E-state index contributed by atoms with van der Waals surface area (Å²) in [5, 5.41) is 3.93. The Bertz CT molecular complexity index is 1030. The molecule has 10 nitrogen and oxygen atoms in total. The van der Waals surface area contributed by atoms with Gasteiger partial charge in [0.05, 0.1) is 26.4 Å². The van der Waals surface area contributed by atoms with Crippen LogP contribution in [0.4, 0.5) is 17.7 Å². The van der Waals surface area contributed by atoms with E-state index < -0.39 is 0 Å². The number of benzene rings is 1. The Morgan fingerprint density at radius 2 is 1.60 bits per heavy atom. The molecule has 35 heavy (non-hydrogen) atoms. The lowest BCUT2D eigenvalue weighted by Gasteiger charge is -2.35. The van der Waals surface area contributed by atoms with Crippen molar-refractivity contribution in [2.75, 3.05) is 80.8 Å². The van der Waals surface area contributed by atoms with Gasteiger partial charge in [-0.15, -0.1) is 0 Å². The van der Waals surface area contributed by atoms with E-state index >= 15 is 0 Å². The number of anilines is 3. The quantitative estimate of drug-likeness (QED) is 0.360. The Morgan fingerprint density at radius 1 is 0.857 bits per heavy atom. The van der Waals surface area contributed by atoms with Gasteiger partial charge in [-0.1, -0.05) is 17.7 Å². The van der Waals surface area contributed by atoms with Gasteiger partial charge in [0.2, 0.25) is 11.9 Å². The second kappa shape index (κ2) is 13.1. The van der Waals surface area contributed by atoms with Crippen molar-refractivity contribution >= 4 is 29.3 Å². The molecule has 0 bridgehead atoms. The fourth-order valence-corrected chi connectivity index (χ4v) is 3.76. The molecule has 0 spiro atoms. The third-order valence-electron chi connectivity index (χ3n) is 5.43. The van der Waals surface area contributed by atoms with Gasteiger partial charge in [0.1, 0.15) is 5.82 Å². The van der Waals surface area contributed by atoms with Crippen molar-refractivity contribution in [3.8, 4) is 11.4 Å². The molecule has 2 aromatic heterocycles. The summed E-state index contributed by atoms with van der Waals surface area (Å²) in [5.74, 6) is 2.73. The molecule has 1 fully saturated rings. The predicted molar refractivity (Wildman–Crippen MR) is 138 cm³/mol. The first-order chi connectivity index (χ1) is 17.2. The lowest BCUT2D eigenvalue weighted by Crippen LogP contribution is -2.47. The molecule has 1 aromatic carbocycles. The number of rotatable bonds is 12. The molecule has 1 aliphatic rings. The summed E-state index contributed by atoms with van der Waals surface area (Å²) in [7, 11) is 0. The molecular formula is C24H31ClN8O2. The topological polar surface area (TPSA) is 115 Å². The Morgan fingerprint density at radius 3 is 2.31 bits per heavy atom. The molecule has 0 radical (unpaired) electrons. The van der Waals surface area contributed by atoms with Crippen molar-refractivity contribution in [1.82, 2.24) is 19.9 Å². The zero-order valence-corrected chi connectivity index (χ0v) is 20.4. The highest BCUT2D eigenvalue weighted by atomic mass is 35.5. The minimum Gasteiger partial charge on any atom is -0.378 e. The standard InChI is InChI=1S/C24H31ClN8O2/c25-20-6-4-19(5-7-20)22-29-23(28-10-16-35-18-17-34-15-8-26)31-24(30-22)33-13-11-32(12-14-33)21-3-1-2-9-27-21/h1-7,9H,8,10-18,26H2,(H,28,29,30,31). The first-order valence-electron chi connectivity index (χ1n) is 11.8. The Hall–Kier alpha value is -3.05. The van der Waals surface area contributed by atoms with Gasteiger partial charge in [0.25, 0.3) is 0 Å². The summed E-state index contributed by atoms with van der Waals surface area (Å²) in [6.07, 6.45) is 1.82. The monoisotopic (exact) mass is 498 g/mol. The van der Waals surface area contributed by atoms with Gasteiger partial charge in [-0.2, -0.15) is 15.0 Å². The van der Waals surface area contributed by atoms with E-state index in [1.54, 1.807) is 0 Å². The van der Waals surface area contributed by atoms with Crippen LogP contribution in [0.3, 0.4) is 0 Å². The fourth-order valence-electron chi connectivity index (χ4n) is 3.63.